The summed E-state index contributed by atoms with van der Waals surface area (Å²) in [5, 5.41) is 9.04. The Labute approximate surface area is 49.1 Å². The smallest absolute Gasteiger partial charge is 0.168 e. The lowest BCUT2D eigenvalue weighted by Crippen LogP contribution is -2.59. The summed E-state index contributed by atoms with van der Waals surface area (Å²) in [7, 11) is 0. The first-order chi connectivity index (χ1) is 3.61. The Bertz CT molecular complexity index is 82.9. The summed E-state index contributed by atoms with van der Waals surface area (Å²) in [4.78, 5) is 1.83. The van der Waals surface area contributed by atoms with Gasteiger partial charge in [-0.05, 0) is 13.3 Å². The number of hydrogen-bond acceptors (Lipinski definition) is 3. The van der Waals surface area contributed by atoms with Gasteiger partial charge in [-0.15, -0.1) is 0 Å². The Morgan fingerprint density at radius 3 is 2.12 bits per heavy atom. The van der Waals surface area contributed by atoms with Crippen molar-refractivity contribution in [3.05, 3.63) is 0 Å². The van der Waals surface area contributed by atoms with Crippen molar-refractivity contribution in [2.75, 3.05) is 13.1 Å². The average molecular weight is 116 g/mol. The van der Waals surface area contributed by atoms with Crippen LogP contribution in [0.5, 0.6) is 0 Å². The van der Waals surface area contributed by atoms with Crippen LogP contribution >= 0.6 is 0 Å². The molecule has 0 aromatic rings. The van der Waals surface area contributed by atoms with Gasteiger partial charge in [-0.3, -0.25) is 10.6 Å². The van der Waals surface area contributed by atoms with Crippen molar-refractivity contribution in [2.24, 2.45) is 5.73 Å². The molecule has 1 fully saturated rings. The Hall–Kier alpha value is -0.120. The third kappa shape index (κ3) is 0.992. The number of rotatable bonds is 1. The van der Waals surface area contributed by atoms with Gasteiger partial charge in [0.05, 0.1) is 0 Å². The summed E-state index contributed by atoms with van der Waals surface area (Å²) in [5.74, 6) is -1.07. The first-order valence-electron chi connectivity index (χ1n) is 2.87. The molecule has 0 amide bonds. The van der Waals surface area contributed by atoms with Gasteiger partial charge in [-0.25, -0.2) is 0 Å². The Balaban J connectivity index is 2.34. The number of nitrogens with zero attached hydrogens (tertiary/aromatic N) is 1. The lowest BCUT2D eigenvalue weighted by atomic mass is 10.2. The van der Waals surface area contributed by atoms with Crippen molar-refractivity contribution in [2.45, 2.75) is 19.2 Å². The standard InChI is InChI=1S/C5H12N2O/c1-5(6,8)7-3-2-4-7/h8H,2-4,6H2,1H3. The molecule has 1 saturated heterocycles. The zero-order chi connectivity index (χ0) is 6.20. The number of aliphatic hydroxyl groups is 1. The maximum absolute atomic E-state index is 9.04. The van der Waals surface area contributed by atoms with Crippen molar-refractivity contribution in [3.8, 4) is 0 Å². The molecule has 0 aliphatic carbocycles. The molecule has 0 radical (unpaired) electrons. The van der Waals surface area contributed by atoms with Gasteiger partial charge in [-0.2, -0.15) is 0 Å². The molecule has 8 heavy (non-hydrogen) atoms. The van der Waals surface area contributed by atoms with Gasteiger partial charge < -0.3 is 5.11 Å². The van der Waals surface area contributed by atoms with E-state index in [2.05, 4.69) is 0 Å². The highest BCUT2D eigenvalue weighted by molar-refractivity contribution is 4.75. The van der Waals surface area contributed by atoms with Gasteiger partial charge in [0.25, 0.3) is 0 Å². The number of likely N-dealkylation sites (tertiary alicyclic amines) is 1. The minimum atomic E-state index is -1.07. The second kappa shape index (κ2) is 1.69. The third-order valence-electron chi connectivity index (χ3n) is 1.50. The second-order valence-electron chi connectivity index (χ2n) is 2.43. The molecule has 0 spiro atoms. The van der Waals surface area contributed by atoms with Gasteiger partial charge in [0, 0.05) is 13.1 Å². The largest absolute Gasteiger partial charge is 0.363 e. The number of nitrogens with two attached hydrogens (primary N) is 1. The average Bonchev–Trinajstić information content (AvgIpc) is 1.16. The highest BCUT2D eigenvalue weighted by Crippen LogP contribution is 2.13. The van der Waals surface area contributed by atoms with Gasteiger partial charge >= 0.3 is 0 Å². The van der Waals surface area contributed by atoms with Crippen LogP contribution in [0.15, 0.2) is 0 Å². The second-order valence-corrected chi connectivity index (χ2v) is 2.43. The summed E-state index contributed by atoms with van der Waals surface area (Å²) in [6.07, 6.45) is 1.16. The summed E-state index contributed by atoms with van der Waals surface area (Å²) < 4.78 is 0. The van der Waals surface area contributed by atoms with Crippen molar-refractivity contribution in [1.29, 1.82) is 0 Å². The van der Waals surface area contributed by atoms with E-state index in [1.54, 1.807) is 6.92 Å². The van der Waals surface area contributed by atoms with Crippen LogP contribution in [0, 0.1) is 0 Å². The van der Waals surface area contributed by atoms with Crippen LogP contribution in [-0.4, -0.2) is 28.9 Å². The predicted molar refractivity (Wildman–Crippen MR) is 31.0 cm³/mol. The summed E-state index contributed by atoms with van der Waals surface area (Å²) in [6, 6.07) is 0. The lowest BCUT2D eigenvalue weighted by Gasteiger charge is -2.40. The van der Waals surface area contributed by atoms with E-state index < -0.39 is 5.85 Å². The lowest BCUT2D eigenvalue weighted by molar-refractivity contribution is -0.118. The first-order valence-corrected chi connectivity index (χ1v) is 2.87. The van der Waals surface area contributed by atoms with Crippen LogP contribution in [0.3, 0.4) is 0 Å². The Morgan fingerprint density at radius 1 is 1.62 bits per heavy atom. The van der Waals surface area contributed by atoms with Crippen LogP contribution in [0.2, 0.25) is 0 Å². The fourth-order valence-corrected chi connectivity index (χ4v) is 0.769. The third-order valence-corrected chi connectivity index (χ3v) is 1.50. The molecule has 1 heterocycles. The summed E-state index contributed by atoms with van der Waals surface area (Å²) in [6.45, 7) is 3.47. The Morgan fingerprint density at radius 2 is 2.12 bits per heavy atom. The highest BCUT2D eigenvalue weighted by Gasteiger charge is 2.28. The van der Waals surface area contributed by atoms with Crippen LogP contribution in [-0.2, 0) is 0 Å². The minimum Gasteiger partial charge on any atom is -0.363 e. The van der Waals surface area contributed by atoms with Crippen molar-refractivity contribution in [1.82, 2.24) is 4.90 Å². The highest BCUT2D eigenvalue weighted by atomic mass is 16.3. The van der Waals surface area contributed by atoms with E-state index in [4.69, 9.17) is 10.8 Å². The van der Waals surface area contributed by atoms with E-state index in [0.717, 1.165) is 19.5 Å². The van der Waals surface area contributed by atoms with E-state index in [-0.39, 0.29) is 0 Å². The molecule has 0 bridgehead atoms. The Kier molecular flexibility index (Phi) is 1.27. The predicted octanol–water partition coefficient (Wildman–Crippen LogP) is -0.683. The molecule has 3 heteroatoms. The zero-order valence-electron chi connectivity index (χ0n) is 5.09. The molecule has 3 nitrogen and oxygen atoms in total. The van der Waals surface area contributed by atoms with Crippen molar-refractivity contribution < 1.29 is 5.11 Å². The summed E-state index contributed by atoms with van der Waals surface area (Å²) in [5.41, 5.74) is 5.32. The van der Waals surface area contributed by atoms with Gasteiger partial charge in [-0.1, -0.05) is 0 Å². The molecule has 1 atom stereocenters. The molecule has 1 unspecified atom stereocenters. The van der Waals surface area contributed by atoms with Gasteiger partial charge in [0.2, 0.25) is 0 Å². The molecule has 1 rings (SSSR count). The van der Waals surface area contributed by atoms with Crippen molar-refractivity contribution in [3.63, 3.8) is 0 Å². The quantitative estimate of drug-likeness (QED) is 0.446. The fraction of sp³-hybridized carbons (Fsp3) is 1.00. The van der Waals surface area contributed by atoms with Crippen LogP contribution in [0.4, 0.5) is 0 Å². The zero-order valence-corrected chi connectivity index (χ0v) is 5.09. The SMILES string of the molecule is CC(N)(O)N1CCC1. The monoisotopic (exact) mass is 116 g/mol. The van der Waals surface area contributed by atoms with E-state index in [1.165, 1.54) is 0 Å². The maximum Gasteiger partial charge on any atom is 0.168 e. The number of hydrogen-bond donors (Lipinski definition) is 2. The van der Waals surface area contributed by atoms with Gasteiger partial charge in [0.1, 0.15) is 0 Å². The molecule has 1 aliphatic rings. The van der Waals surface area contributed by atoms with Gasteiger partial charge in [0.15, 0.2) is 5.85 Å². The molecule has 0 saturated carbocycles. The molecule has 0 aromatic carbocycles. The minimum absolute atomic E-state index is 0.934. The fourth-order valence-electron chi connectivity index (χ4n) is 0.769. The normalized spacial score (nSPS) is 28.9. The van der Waals surface area contributed by atoms with E-state index in [9.17, 15) is 0 Å². The molecule has 48 valence electrons. The van der Waals surface area contributed by atoms with Crippen molar-refractivity contribution >= 4 is 0 Å². The van der Waals surface area contributed by atoms with Crippen LogP contribution in [0.1, 0.15) is 13.3 Å². The molecule has 3 N–H and O–H groups in total. The molecular weight excluding hydrogens is 104 g/mol. The molecular formula is C5H12N2O. The molecule has 1 aliphatic heterocycles. The van der Waals surface area contributed by atoms with E-state index in [1.807, 2.05) is 4.90 Å². The molecule has 0 aromatic heterocycles. The first kappa shape index (κ1) is 6.01. The maximum atomic E-state index is 9.04. The van der Waals surface area contributed by atoms with E-state index >= 15 is 0 Å². The van der Waals surface area contributed by atoms with Crippen LogP contribution < -0.4 is 5.73 Å². The van der Waals surface area contributed by atoms with Crippen LogP contribution in [0.25, 0.3) is 0 Å². The van der Waals surface area contributed by atoms with E-state index in [0.29, 0.717) is 0 Å². The topological polar surface area (TPSA) is 49.5 Å². The summed E-state index contributed by atoms with van der Waals surface area (Å²) >= 11 is 0.